The molecule has 0 heterocycles. The van der Waals surface area contributed by atoms with Gasteiger partial charge in [0, 0.05) is 6.61 Å². The summed E-state index contributed by atoms with van der Waals surface area (Å²) in [4.78, 5) is 0. The molecule has 0 saturated heterocycles. The molecule has 1 fully saturated rings. The van der Waals surface area contributed by atoms with Crippen LogP contribution in [-0.4, -0.2) is 12.7 Å². The predicted octanol–water partition coefficient (Wildman–Crippen LogP) is 5.09. The number of hydrogen-bond acceptors (Lipinski definition) is 1. The molecule has 0 aromatic heterocycles. The highest BCUT2D eigenvalue weighted by atomic mass is 16.5. The summed E-state index contributed by atoms with van der Waals surface area (Å²) in [5, 5.41) is 0. The molecule has 0 N–H and O–H groups in total. The highest BCUT2D eigenvalue weighted by Gasteiger charge is 2.12. The second-order valence-electron chi connectivity index (χ2n) is 5.25. The van der Waals surface area contributed by atoms with Crippen molar-refractivity contribution in [2.45, 2.75) is 90.1 Å². The van der Waals surface area contributed by atoms with E-state index < -0.39 is 0 Å². The molecular weight excluding hydrogens is 196 g/mol. The van der Waals surface area contributed by atoms with Crippen LogP contribution in [0.4, 0.5) is 0 Å². The Balaban J connectivity index is 1.77. The Labute approximate surface area is 102 Å². The van der Waals surface area contributed by atoms with Gasteiger partial charge in [0.2, 0.25) is 0 Å². The van der Waals surface area contributed by atoms with Gasteiger partial charge in [-0.3, -0.25) is 0 Å². The van der Waals surface area contributed by atoms with E-state index >= 15 is 0 Å². The summed E-state index contributed by atoms with van der Waals surface area (Å²) in [6.07, 6.45) is 17.1. The zero-order chi connectivity index (χ0) is 11.5. The Morgan fingerprint density at radius 3 is 2.12 bits per heavy atom. The van der Waals surface area contributed by atoms with E-state index in [0.29, 0.717) is 6.10 Å². The van der Waals surface area contributed by atoms with Crippen molar-refractivity contribution in [1.29, 1.82) is 0 Å². The van der Waals surface area contributed by atoms with Gasteiger partial charge in [-0.2, -0.15) is 0 Å². The Bertz CT molecular complexity index is 138. The molecule has 0 spiro atoms. The van der Waals surface area contributed by atoms with E-state index in [0.717, 1.165) is 6.61 Å². The second-order valence-corrected chi connectivity index (χ2v) is 5.25. The topological polar surface area (TPSA) is 9.23 Å². The smallest absolute Gasteiger partial charge is 0.0575 e. The fourth-order valence-electron chi connectivity index (χ4n) is 2.54. The van der Waals surface area contributed by atoms with Crippen LogP contribution in [0, 0.1) is 0 Å². The van der Waals surface area contributed by atoms with Crippen LogP contribution < -0.4 is 0 Å². The summed E-state index contributed by atoms with van der Waals surface area (Å²) in [5.41, 5.74) is 0. The van der Waals surface area contributed by atoms with Crippen LogP contribution >= 0.6 is 0 Å². The molecule has 1 aliphatic carbocycles. The van der Waals surface area contributed by atoms with Crippen molar-refractivity contribution in [3.63, 3.8) is 0 Å². The summed E-state index contributed by atoms with van der Waals surface area (Å²) >= 11 is 0. The molecule has 1 saturated carbocycles. The summed E-state index contributed by atoms with van der Waals surface area (Å²) in [6.45, 7) is 3.29. The number of rotatable bonds is 9. The molecule has 0 radical (unpaired) electrons. The van der Waals surface area contributed by atoms with Crippen LogP contribution in [0.1, 0.15) is 84.0 Å². The van der Waals surface area contributed by atoms with Crippen molar-refractivity contribution >= 4 is 0 Å². The van der Waals surface area contributed by atoms with E-state index in [9.17, 15) is 0 Å². The standard InChI is InChI=1S/C15H30O/c1-2-3-4-5-6-7-11-14-16-15-12-9-8-10-13-15/h15H,2-14H2,1H3. The van der Waals surface area contributed by atoms with Crippen LogP contribution in [0.3, 0.4) is 0 Å². The molecule has 0 bridgehead atoms. The van der Waals surface area contributed by atoms with Gasteiger partial charge >= 0.3 is 0 Å². The molecule has 1 aliphatic rings. The monoisotopic (exact) mass is 226 g/mol. The quantitative estimate of drug-likeness (QED) is 0.498. The lowest BCUT2D eigenvalue weighted by Gasteiger charge is -2.21. The van der Waals surface area contributed by atoms with Crippen molar-refractivity contribution in [1.82, 2.24) is 0 Å². The molecule has 1 rings (SSSR count). The van der Waals surface area contributed by atoms with Crippen LogP contribution in [-0.2, 0) is 4.74 Å². The molecule has 1 nitrogen and oxygen atoms in total. The zero-order valence-corrected chi connectivity index (χ0v) is 11.2. The van der Waals surface area contributed by atoms with E-state index in [2.05, 4.69) is 6.92 Å². The highest BCUT2D eigenvalue weighted by Crippen LogP contribution is 2.20. The minimum Gasteiger partial charge on any atom is -0.378 e. The van der Waals surface area contributed by atoms with Gasteiger partial charge < -0.3 is 4.74 Å². The number of ether oxygens (including phenoxy) is 1. The highest BCUT2D eigenvalue weighted by molar-refractivity contribution is 4.64. The third kappa shape index (κ3) is 7.27. The van der Waals surface area contributed by atoms with E-state index in [4.69, 9.17) is 4.74 Å². The average Bonchev–Trinajstić information content (AvgIpc) is 2.34. The fourth-order valence-corrected chi connectivity index (χ4v) is 2.54. The van der Waals surface area contributed by atoms with Gasteiger partial charge in [-0.15, -0.1) is 0 Å². The van der Waals surface area contributed by atoms with Gasteiger partial charge in [-0.1, -0.05) is 64.7 Å². The molecule has 0 aromatic rings. The minimum atomic E-state index is 0.605. The number of hydrogen-bond donors (Lipinski definition) is 0. The maximum atomic E-state index is 5.91. The molecule has 0 aliphatic heterocycles. The first-order valence-corrected chi connectivity index (χ1v) is 7.55. The second kappa shape index (κ2) is 10.1. The van der Waals surface area contributed by atoms with Crippen molar-refractivity contribution < 1.29 is 4.74 Å². The number of unbranched alkanes of at least 4 members (excludes halogenated alkanes) is 6. The molecule has 0 atom stereocenters. The fraction of sp³-hybridized carbons (Fsp3) is 1.00. The first-order valence-electron chi connectivity index (χ1n) is 7.55. The SMILES string of the molecule is CCCCCCCCCOC1CCCCC1. The Hall–Kier alpha value is -0.0400. The third-order valence-electron chi connectivity index (χ3n) is 3.65. The zero-order valence-electron chi connectivity index (χ0n) is 11.2. The van der Waals surface area contributed by atoms with Gasteiger partial charge in [0.05, 0.1) is 6.10 Å². The third-order valence-corrected chi connectivity index (χ3v) is 3.65. The normalized spacial score (nSPS) is 17.8. The molecule has 0 unspecified atom stereocenters. The Morgan fingerprint density at radius 1 is 0.812 bits per heavy atom. The van der Waals surface area contributed by atoms with Crippen LogP contribution in [0.15, 0.2) is 0 Å². The van der Waals surface area contributed by atoms with E-state index in [1.54, 1.807) is 0 Å². The van der Waals surface area contributed by atoms with E-state index in [-0.39, 0.29) is 0 Å². The Morgan fingerprint density at radius 2 is 1.44 bits per heavy atom. The summed E-state index contributed by atoms with van der Waals surface area (Å²) in [5.74, 6) is 0. The lowest BCUT2D eigenvalue weighted by molar-refractivity contribution is 0.0263. The lowest BCUT2D eigenvalue weighted by atomic mass is 9.98. The van der Waals surface area contributed by atoms with Gasteiger partial charge in [-0.05, 0) is 19.3 Å². The van der Waals surface area contributed by atoms with Crippen molar-refractivity contribution in [2.24, 2.45) is 0 Å². The summed E-state index contributed by atoms with van der Waals surface area (Å²) in [6, 6.07) is 0. The molecule has 1 heteroatoms. The van der Waals surface area contributed by atoms with Crippen LogP contribution in [0.25, 0.3) is 0 Å². The summed E-state index contributed by atoms with van der Waals surface area (Å²) < 4.78 is 5.91. The van der Waals surface area contributed by atoms with Crippen molar-refractivity contribution in [2.75, 3.05) is 6.61 Å². The molecular formula is C15H30O. The lowest BCUT2D eigenvalue weighted by Crippen LogP contribution is -2.17. The van der Waals surface area contributed by atoms with Crippen molar-refractivity contribution in [3.05, 3.63) is 0 Å². The average molecular weight is 226 g/mol. The summed E-state index contributed by atoms with van der Waals surface area (Å²) in [7, 11) is 0. The maximum Gasteiger partial charge on any atom is 0.0575 e. The van der Waals surface area contributed by atoms with E-state index in [1.165, 1.54) is 77.0 Å². The maximum absolute atomic E-state index is 5.91. The first-order chi connectivity index (χ1) is 7.93. The first kappa shape index (κ1) is 14.0. The molecule has 96 valence electrons. The van der Waals surface area contributed by atoms with Gasteiger partial charge in [0.15, 0.2) is 0 Å². The van der Waals surface area contributed by atoms with Gasteiger partial charge in [0.25, 0.3) is 0 Å². The van der Waals surface area contributed by atoms with Crippen LogP contribution in [0.2, 0.25) is 0 Å². The molecule has 16 heavy (non-hydrogen) atoms. The van der Waals surface area contributed by atoms with Crippen LogP contribution in [0.5, 0.6) is 0 Å². The largest absolute Gasteiger partial charge is 0.378 e. The molecule has 0 aromatic carbocycles. The minimum absolute atomic E-state index is 0.605. The van der Waals surface area contributed by atoms with Gasteiger partial charge in [-0.25, -0.2) is 0 Å². The molecule has 0 amide bonds. The van der Waals surface area contributed by atoms with E-state index in [1.807, 2.05) is 0 Å². The Kier molecular flexibility index (Phi) is 8.88. The van der Waals surface area contributed by atoms with Gasteiger partial charge in [0.1, 0.15) is 0 Å². The predicted molar refractivity (Wildman–Crippen MR) is 70.8 cm³/mol. The van der Waals surface area contributed by atoms with Crippen molar-refractivity contribution in [3.8, 4) is 0 Å².